The van der Waals surface area contributed by atoms with E-state index < -0.39 is 12.6 Å². The Bertz CT molecular complexity index is 1270. The average molecular weight is 465 g/mol. The van der Waals surface area contributed by atoms with E-state index in [2.05, 4.69) is 18.2 Å². The molecule has 35 heavy (non-hydrogen) atoms. The minimum absolute atomic E-state index is 0.242. The van der Waals surface area contributed by atoms with Crippen LogP contribution in [0.2, 0.25) is 0 Å². The maximum absolute atomic E-state index is 10.7. The fourth-order valence-electron chi connectivity index (χ4n) is 4.63. The standard InChI is InChI=1S/C30H27NO4/c32-27(33)20-34-25-16-9-10-21(19-25)18-24-15-7-8-17-26(24)30-31-28(22-11-3-1-4-12-22)29(35-30)23-13-5-2-6-14-23/h1-6,9-14,16-17,19,24H,7-8,15,18,20H2,(H,32,33)/p-1/t24-/m0/s1. The molecule has 1 aliphatic rings. The Kier molecular flexibility index (Phi) is 6.75. The average Bonchev–Trinajstić information content (AvgIpc) is 3.34. The summed E-state index contributed by atoms with van der Waals surface area (Å²) in [5.41, 5.74) is 5.06. The number of ether oxygens (including phenoxy) is 1. The molecular weight excluding hydrogens is 438 g/mol. The molecule has 0 bridgehead atoms. The molecule has 0 aliphatic heterocycles. The van der Waals surface area contributed by atoms with Crippen molar-refractivity contribution in [1.82, 2.24) is 4.98 Å². The third-order valence-electron chi connectivity index (χ3n) is 6.26. The summed E-state index contributed by atoms with van der Waals surface area (Å²) in [5, 5.41) is 10.7. The molecule has 0 saturated heterocycles. The minimum Gasteiger partial charge on any atom is -0.546 e. The third-order valence-corrected chi connectivity index (χ3v) is 6.26. The molecule has 1 atom stereocenters. The van der Waals surface area contributed by atoms with Crippen LogP contribution in [0, 0.1) is 5.92 Å². The van der Waals surface area contributed by atoms with Crippen molar-refractivity contribution in [3.05, 3.63) is 102 Å². The third kappa shape index (κ3) is 5.35. The van der Waals surface area contributed by atoms with Gasteiger partial charge in [0.1, 0.15) is 18.1 Å². The summed E-state index contributed by atoms with van der Waals surface area (Å²) < 4.78 is 11.8. The summed E-state index contributed by atoms with van der Waals surface area (Å²) in [6.45, 7) is -0.459. The highest BCUT2D eigenvalue weighted by atomic mass is 16.5. The second-order valence-electron chi connectivity index (χ2n) is 8.73. The lowest BCUT2D eigenvalue weighted by molar-refractivity contribution is -0.307. The molecule has 1 heterocycles. The number of oxazole rings is 1. The van der Waals surface area contributed by atoms with Crippen LogP contribution < -0.4 is 9.84 Å². The predicted octanol–water partition coefficient (Wildman–Crippen LogP) is 5.56. The first-order valence-electron chi connectivity index (χ1n) is 11.9. The van der Waals surface area contributed by atoms with E-state index in [0.29, 0.717) is 11.6 Å². The summed E-state index contributed by atoms with van der Waals surface area (Å²) in [6.07, 6.45) is 6.16. The molecule has 0 spiro atoms. The number of carbonyl (C=O) groups is 1. The summed E-state index contributed by atoms with van der Waals surface area (Å²) >= 11 is 0. The van der Waals surface area contributed by atoms with Gasteiger partial charge < -0.3 is 19.1 Å². The van der Waals surface area contributed by atoms with Crippen molar-refractivity contribution in [2.75, 3.05) is 6.61 Å². The fraction of sp³-hybridized carbons (Fsp3) is 0.200. The number of hydrogen-bond acceptors (Lipinski definition) is 5. The van der Waals surface area contributed by atoms with Crippen molar-refractivity contribution in [2.24, 2.45) is 5.92 Å². The Morgan fingerprint density at radius 2 is 1.71 bits per heavy atom. The number of allylic oxidation sites excluding steroid dienone is 2. The zero-order valence-corrected chi connectivity index (χ0v) is 19.4. The highest BCUT2D eigenvalue weighted by Gasteiger charge is 2.26. The Morgan fingerprint density at radius 1 is 0.971 bits per heavy atom. The van der Waals surface area contributed by atoms with E-state index in [4.69, 9.17) is 14.1 Å². The van der Waals surface area contributed by atoms with Crippen LogP contribution in [-0.4, -0.2) is 17.6 Å². The van der Waals surface area contributed by atoms with Gasteiger partial charge in [-0.2, -0.15) is 0 Å². The van der Waals surface area contributed by atoms with Crippen LogP contribution >= 0.6 is 0 Å². The Labute approximate surface area is 204 Å². The van der Waals surface area contributed by atoms with E-state index in [0.717, 1.165) is 59.4 Å². The molecule has 1 aromatic heterocycles. The lowest BCUT2D eigenvalue weighted by Crippen LogP contribution is -2.28. The normalized spacial score (nSPS) is 15.4. The molecule has 5 rings (SSSR count). The van der Waals surface area contributed by atoms with Gasteiger partial charge in [0, 0.05) is 16.7 Å². The first kappa shape index (κ1) is 22.7. The largest absolute Gasteiger partial charge is 0.546 e. The highest BCUT2D eigenvalue weighted by molar-refractivity contribution is 5.79. The van der Waals surface area contributed by atoms with Gasteiger partial charge in [-0.15, -0.1) is 0 Å². The number of aromatic nitrogens is 1. The van der Waals surface area contributed by atoms with Crippen LogP contribution in [0.3, 0.4) is 0 Å². The molecule has 5 nitrogen and oxygen atoms in total. The van der Waals surface area contributed by atoms with Gasteiger partial charge in [-0.05, 0) is 49.3 Å². The molecule has 1 aliphatic carbocycles. The predicted molar refractivity (Wildman–Crippen MR) is 133 cm³/mol. The number of nitrogens with zero attached hydrogens (tertiary/aromatic N) is 1. The number of aliphatic carboxylic acids is 1. The molecule has 0 amide bonds. The zero-order valence-electron chi connectivity index (χ0n) is 19.4. The molecule has 5 heteroatoms. The van der Waals surface area contributed by atoms with Crippen LogP contribution in [0.4, 0.5) is 0 Å². The molecular formula is C30H26NO4-. The topological polar surface area (TPSA) is 75.4 Å². The van der Waals surface area contributed by atoms with Crippen molar-refractivity contribution in [2.45, 2.75) is 25.7 Å². The maximum atomic E-state index is 10.7. The van der Waals surface area contributed by atoms with Gasteiger partial charge in [-0.1, -0.05) is 78.9 Å². The molecule has 0 saturated carbocycles. The van der Waals surface area contributed by atoms with Gasteiger partial charge in [0.05, 0.1) is 5.97 Å². The van der Waals surface area contributed by atoms with Crippen LogP contribution in [0.15, 0.2) is 95.4 Å². The molecule has 0 radical (unpaired) electrons. The lowest BCUT2D eigenvalue weighted by atomic mass is 9.83. The van der Waals surface area contributed by atoms with Crippen LogP contribution in [0.1, 0.15) is 30.7 Å². The van der Waals surface area contributed by atoms with E-state index >= 15 is 0 Å². The zero-order chi connectivity index (χ0) is 24.0. The second-order valence-corrected chi connectivity index (χ2v) is 8.73. The van der Waals surface area contributed by atoms with Crippen molar-refractivity contribution in [1.29, 1.82) is 0 Å². The molecule has 4 aromatic rings. The Morgan fingerprint density at radius 3 is 2.46 bits per heavy atom. The monoisotopic (exact) mass is 464 g/mol. The maximum Gasteiger partial charge on any atom is 0.223 e. The van der Waals surface area contributed by atoms with Crippen molar-refractivity contribution < 1.29 is 19.1 Å². The lowest BCUT2D eigenvalue weighted by Gasteiger charge is -2.22. The van der Waals surface area contributed by atoms with Gasteiger partial charge >= 0.3 is 0 Å². The van der Waals surface area contributed by atoms with Crippen LogP contribution in [0.5, 0.6) is 5.75 Å². The second kappa shape index (κ2) is 10.4. The van der Waals surface area contributed by atoms with E-state index in [9.17, 15) is 9.90 Å². The summed E-state index contributed by atoms with van der Waals surface area (Å²) in [5.74, 6) is 0.972. The van der Waals surface area contributed by atoms with E-state index in [1.807, 2.05) is 66.7 Å². The first-order chi connectivity index (χ1) is 17.2. The first-order valence-corrected chi connectivity index (χ1v) is 11.9. The van der Waals surface area contributed by atoms with Gasteiger partial charge in [-0.25, -0.2) is 4.98 Å². The Hall–Kier alpha value is -4.12. The van der Waals surface area contributed by atoms with Crippen LogP contribution in [0.25, 0.3) is 28.2 Å². The molecule has 3 aromatic carbocycles. The van der Waals surface area contributed by atoms with Gasteiger partial charge in [0.25, 0.3) is 0 Å². The van der Waals surface area contributed by atoms with Gasteiger partial charge in [-0.3, -0.25) is 0 Å². The van der Waals surface area contributed by atoms with E-state index in [1.54, 1.807) is 6.07 Å². The number of carboxylic acids is 1. The van der Waals surface area contributed by atoms with Crippen molar-refractivity contribution >= 4 is 11.5 Å². The summed E-state index contributed by atoms with van der Waals surface area (Å²) in [4.78, 5) is 15.8. The molecule has 0 unspecified atom stereocenters. The number of rotatable bonds is 8. The SMILES string of the molecule is O=C([O-])COc1cccc(C[C@@H]2CCCC=C2c2nc(-c3ccccc3)c(-c3ccccc3)o2)c1. The summed E-state index contributed by atoms with van der Waals surface area (Å²) in [6, 6.07) is 27.8. The fourth-order valence-corrected chi connectivity index (χ4v) is 4.63. The molecule has 176 valence electrons. The van der Waals surface area contributed by atoms with Crippen LogP contribution in [-0.2, 0) is 11.2 Å². The number of hydrogen-bond donors (Lipinski definition) is 0. The highest BCUT2D eigenvalue weighted by Crippen LogP contribution is 2.40. The number of carbonyl (C=O) groups excluding carboxylic acids is 1. The van der Waals surface area contributed by atoms with Crippen molar-refractivity contribution in [3.8, 4) is 28.3 Å². The quantitative estimate of drug-likeness (QED) is 0.341. The Balaban J connectivity index is 1.47. The molecule has 0 N–H and O–H groups in total. The van der Waals surface area contributed by atoms with Gasteiger partial charge in [0.15, 0.2) is 5.76 Å². The van der Waals surface area contributed by atoms with E-state index in [-0.39, 0.29) is 5.92 Å². The van der Waals surface area contributed by atoms with Crippen molar-refractivity contribution in [3.63, 3.8) is 0 Å². The van der Waals surface area contributed by atoms with Gasteiger partial charge in [0.2, 0.25) is 5.89 Å². The number of carboxylic acid groups (broad SMARTS) is 1. The summed E-state index contributed by atoms with van der Waals surface area (Å²) in [7, 11) is 0. The molecule has 0 fully saturated rings. The smallest absolute Gasteiger partial charge is 0.223 e. The minimum atomic E-state index is -1.24. The number of benzene rings is 3. The van der Waals surface area contributed by atoms with E-state index in [1.165, 1.54) is 0 Å².